The second-order valence-electron chi connectivity index (χ2n) is 5.51. The third-order valence-corrected chi connectivity index (χ3v) is 3.57. The number of hydrogen-bond acceptors (Lipinski definition) is 5. The zero-order valence-corrected chi connectivity index (χ0v) is 13.5. The quantitative estimate of drug-likeness (QED) is 0.729. The van der Waals surface area contributed by atoms with Gasteiger partial charge in [-0.25, -0.2) is 4.68 Å². The molecule has 0 radical (unpaired) electrons. The third-order valence-electron chi connectivity index (χ3n) is 3.57. The molecule has 0 spiro atoms. The fourth-order valence-electron chi connectivity index (χ4n) is 2.27. The summed E-state index contributed by atoms with van der Waals surface area (Å²) < 4.78 is 1.61. The summed E-state index contributed by atoms with van der Waals surface area (Å²) in [6.07, 6.45) is 1.81. The maximum Gasteiger partial charge on any atom is 0.263 e. The van der Waals surface area contributed by atoms with Gasteiger partial charge in [0.2, 0.25) is 11.9 Å². The molecule has 3 rings (SSSR count). The van der Waals surface area contributed by atoms with Gasteiger partial charge in [-0.15, -0.1) is 0 Å². The van der Waals surface area contributed by atoms with Gasteiger partial charge in [-0.05, 0) is 12.1 Å². The van der Waals surface area contributed by atoms with Crippen LogP contribution >= 0.6 is 0 Å². The molecule has 0 saturated carbocycles. The van der Waals surface area contributed by atoms with Crippen molar-refractivity contribution >= 4 is 22.9 Å². The Balaban J connectivity index is 1.88. The van der Waals surface area contributed by atoms with Crippen LogP contribution in [0.1, 0.15) is 6.42 Å². The minimum Gasteiger partial charge on any atom is -0.355 e. The van der Waals surface area contributed by atoms with Crippen molar-refractivity contribution in [3.05, 3.63) is 46.9 Å². The Hall–Kier alpha value is -3.16. The largest absolute Gasteiger partial charge is 0.355 e. The van der Waals surface area contributed by atoms with Crippen molar-refractivity contribution in [2.75, 3.05) is 26.0 Å². The number of nitrogens with one attached hydrogen (secondary N) is 2. The SMILES string of the molecule is CN(C)C(=O)CCNc1nc2c(cnn2-c2ccccc2)c(=O)[nH]1. The summed E-state index contributed by atoms with van der Waals surface area (Å²) in [5.41, 5.74) is 1.01. The molecule has 1 amide bonds. The van der Waals surface area contributed by atoms with E-state index in [1.54, 1.807) is 18.8 Å². The third kappa shape index (κ3) is 3.12. The fourth-order valence-corrected chi connectivity index (χ4v) is 2.27. The van der Waals surface area contributed by atoms with E-state index in [4.69, 9.17) is 0 Å². The second-order valence-corrected chi connectivity index (χ2v) is 5.51. The number of H-pyrrole nitrogens is 1. The number of para-hydroxylation sites is 1. The van der Waals surface area contributed by atoms with E-state index in [0.29, 0.717) is 29.9 Å². The van der Waals surface area contributed by atoms with E-state index < -0.39 is 0 Å². The van der Waals surface area contributed by atoms with Gasteiger partial charge in [-0.2, -0.15) is 10.1 Å². The van der Waals surface area contributed by atoms with Gasteiger partial charge < -0.3 is 10.2 Å². The minimum atomic E-state index is -0.274. The van der Waals surface area contributed by atoms with Crippen molar-refractivity contribution in [2.24, 2.45) is 0 Å². The summed E-state index contributed by atoms with van der Waals surface area (Å²) in [5, 5.41) is 7.63. The summed E-state index contributed by atoms with van der Waals surface area (Å²) in [5.74, 6) is 0.317. The number of fused-ring (bicyclic) bond motifs is 1. The first-order chi connectivity index (χ1) is 11.6. The van der Waals surface area contributed by atoms with Crippen LogP contribution in [0.15, 0.2) is 41.3 Å². The lowest BCUT2D eigenvalue weighted by molar-refractivity contribution is -0.128. The smallest absolute Gasteiger partial charge is 0.263 e. The number of carbonyl (C=O) groups excluding carboxylic acids is 1. The monoisotopic (exact) mass is 326 g/mol. The van der Waals surface area contributed by atoms with E-state index in [1.165, 1.54) is 11.1 Å². The maximum absolute atomic E-state index is 12.2. The second kappa shape index (κ2) is 6.53. The van der Waals surface area contributed by atoms with Crippen LogP contribution in [0, 0.1) is 0 Å². The molecule has 1 aromatic carbocycles. The van der Waals surface area contributed by atoms with Crippen LogP contribution in [0.3, 0.4) is 0 Å². The maximum atomic E-state index is 12.2. The number of rotatable bonds is 5. The highest BCUT2D eigenvalue weighted by Crippen LogP contribution is 2.14. The molecule has 0 aliphatic rings. The number of hydrogen-bond donors (Lipinski definition) is 2. The van der Waals surface area contributed by atoms with Crippen molar-refractivity contribution < 1.29 is 4.79 Å². The molecular formula is C16H18N6O2. The van der Waals surface area contributed by atoms with Gasteiger partial charge in [0.25, 0.3) is 5.56 Å². The number of carbonyl (C=O) groups is 1. The highest BCUT2D eigenvalue weighted by atomic mass is 16.2. The zero-order chi connectivity index (χ0) is 17.1. The Morgan fingerprint density at radius 1 is 1.29 bits per heavy atom. The summed E-state index contributed by atoms with van der Waals surface area (Å²) in [7, 11) is 3.40. The molecule has 0 bridgehead atoms. The van der Waals surface area contributed by atoms with Gasteiger partial charge in [-0.1, -0.05) is 18.2 Å². The lowest BCUT2D eigenvalue weighted by atomic mass is 10.3. The molecule has 0 fully saturated rings. The van der Waals surface area contributed by atoms with E-state index in [9.17, 15) is 9.59 Å². The van der Waals surface area contributed by atoms with Gasteiger partial charge in [0.1, 0.15) is 5.39 Å². The molecule has 0 atom stereocenters. The Morgan fingerprint density at radius 3 is 2.75 bits per heavy atom. The van der Waals surface area contributed by atoms with E-state index in [-0.39, 0.29) is 11.5 Å². The Labute approximate surface area is 138 Å². The Morgan fingerprint density at radius 2 is 2.04 bits per heavy atom. The number of amides is 1. The number of benzene rings is 1. The van der Waals surface area contributed by atoms with E-state index in [1.807, 2.05) is 30.3 Å². The molecule has 0 unspecified atom stereocenters. The minimum absolute atomic E-state index is 0.000234. The van der Waals surface area contributed by atoms with Crippen LogP contribution in [0.25, 0.3) is 16.7 Å². The normalized spacial score (nSPS) is 10.8. The summed E-state index contributed by atoms with van der Waals surface area (Å²) >= 11 is 0. The first-order valence-electron chi connectivity index (χ1n) is 7.54. The lowest BCUT2D eigenvalue weighted by Crippen LogP contribution is -2.24. The standard InChI is InChI=1S/C16H18N6O2/c1-21(2)13(23)8-9-17-16-19-14-12(15(24)20-16)10-18-22(14)11-6-4-3-5-7-11/h3-7,10H,8-9H2,1-2H3,(H2,17,19,20,24). The molecule has 3 aromatic rings. The van der Waals surface area contributed by atoms with Gasteiger partial charge in [0.05, 0.1) is 11.9 Å². The molecule has 2 heterocycles. The van der Waals surface area contributed by atoms with Crippen LogP contribution in [0.4, 0.5) is 5.95 Å². The van der Waals surface area contributed by atoms with Gasteiger partial charge in [-0.3, -0.25) is 14.6 Å². The number of anilines is 1. The average Bonchev–Trinajstić information content (AvgIpc) is 3.00. The molecule has 124 valence electrons. The van der Waals surface area contributed by atoms with E-state index in [0.717, 1.165) is 5.69 Å². The molecule has 0 saturated heterocycles. The van der Waals surface area contributed by atoms with Crippen LogP contribution in [-0.4, -0.2) is 51.2 Å². The number of nitrogens with zero attached hydrogens (tertiary/aromatic N) is 4. The number of aromatic amines is 1. The molecule has 2 N–H and O–H groups in total. The average molecular weight is 326 g/mol. The fraction of sp³-hybridized carbons (Fsp3) is 0.250. The van der Waals surface area contributed by atoms with E-state index in [2.05, 4.69) is 20.4 Å². The van der Waals surface area contributed by atoms with Crippen molar-refractivity contribution in [2.45, 2.75) is 6.42 Å². The van der Waals surface area contributed by atoms with Crippen molar-refractivity contribution in [3.8, 4) is 5.69 Å². The highest BCUT2D eigenvalue weighted by molar-refractivity contribution is 5.77. The van der Waals surface area contributed by atoms with Crippen LogP contribution in [0.2, 0.25) is 0 Å². The summed E-state index contributed by atoms with van der Waals surface area (Å²) in [6, 6.07) is 9.46. The van der Waals surface area contributed by atoms with Crippen LogP contribution in [-0.2, 0) is 4.79 Å². The summed E-state index contributed by atoms with van der Waals surface area (Å²) in [6.45, 7) is 0.380. The van der Waals surface area contributed by atoms with Gasteiger partial charge >= 0.3 is 0 Å². The highest BCUT2D eigenvalue weighted by Gasteiger charge is 2.11. The Bertz CT molecular complexity index is 913. The van der Waals surface area contributed by atoms with Gasteiger partial charge in [0.15, 0.2) is 5.65 Å². The molecule has 24 heavy (non-hydrogen) atoms. The predicted octanol–water partition coefficient (Wildman–Crippen LogP) is 0.999. The molecular weight excluding hydrogens is 308 g/mol. The van der Waals surface area contributed by atoms with Crippen molar-refractivity contribution in [1.29, 1.82) is 0 Å². The van der Waals surface area contributed by atoms with Crippen molar-refractivity contribution in [1.82, 2.24) is 24.6 Å². The zero-order valence-electron chi connectivity index (χ0n) is 13.5. The lowest BCUT2D eigenvalue weighted by Gasteiger charge is -2.10. The molecule has 0 aliphatic carbocycles. The van der Waals surface area contributed by atoms with Crippen LogP contribution < -0.4 is 10.9 Å². The topological polar surface area (TPSA) is 95.9 Å². The molecule has 8 nitrogen and oxygen atoms in total. The molecule has 2 aromatic heterocycles. The van der Waals surface area contributed by atoms with Crippen molar-refractivity contribution in [3.63, 3.8) is 0 Å². The summed E-state index contributed by atoms with van der Waals surface area (Å²) in [4.78, 5) is 32.4. The first-order valence-corrected chi connectivity index (χ1v) is 7.54. The van der Waals surface area contributed by atoms with E-state index >= 15 is 0 Å². The molecule has 0 aliphatic heterocycles. The van der Waals surface area contributed by atoms with Gasteiger partial charge in [0, 0.05) is 27.1 Å². The van der Waals surface area contributed by atoms with Crippen LogP contribution in [0.5, 0.6) is 0 Å². The Kier molecular flexibility index (Phi) is 4.28. The predicted molar refractivity (Wildman–Crippen MR) is 91.3 cm³/mol. The first kappa shape index (κ1) is 15.7. The molecule has 8 heteroatoms. The number of aromatic nitrogens is 4.